The molecular formula is C21H28O2. The molecular weight excluding hydrogens is 284 g/mol. The summed E-state index contributed by atoms with van der Waals surface area (Å²) in [6, 6.07) is 11.2. The number of benzene rings is 2. The van der Waals surface area contributed by atoms with E-state index in [1.807, 2.05) is 24.3 Å². The molecule has 2 rings (SSSR count). The van der Waals surface area contributed by atoms with E-state index in [1.165, 1.54) is 11.1 Å². The highest BCUT2D eigenvalue weighted by Crippen LogP contribution is 2.42. The summed E-state index contributed by atoms with van der Waals surface area (Å²) in [6.07, 6.45) is 0. The molecule has 0 saturated heterocycles. The fourth-order valence-corrected chi connectivity index (χ4v) is 3.32. The zero-order chi connectivity index (χ0) is 17.4. The van der Waals surface area contributed by atoms with E-state index >= 15 is 0 Å². The Labute approximate surface area is 139 Å². The minimum atomic E-state index is -0.309. The predicted octanol–water partition coefficient (Wildman–Crippen LogP) is 5.67. The van der Waals surface area contributed by atoms with E-state index < -0.39 is 0 Å². The van der Waals surface area contributed by atoms with E-state index in [0.29, 0.717) is 11.8 Å². The van der Waals surface area contributed by atoms with Crippen LogP contribution in [0.25, 0.3) is 0 Å². The summed E-state index contributed by atoms with van der Waals surface area (Å²) in [4.78, 5) is 0. The molecule has 0 aliphatic carbocycles. The van der Waals surface area contributed by atoms with Crippen molar-refractivity contribution in [3.63, 3.8) is 0 Å². The second-order valence-electron chi connectivity index (χ2n) is 7.48. The smallest absolute Gasteiger partial charge is 0.115 e. The molecule has 0 radical (unpaired) electrons. The molecule has 2 aromatic rings. The first-order valence-electron chi connectivity index (χ1n) is 8.31. The van der Waals surface area contributed by atoms with Gasteiger partial charge in [-0.05, 0) is 58.4 Å². The SMILES string of the molecule is CC(C)c1ccc(O)cc1C(C)(C)c1cc(O)ccc1C(C)C. The first-order chi connectivity index (χ1) is 10.6. The van der Waals surface area contributed by atoms with Gasteiger partial charge in [-0.3, -0.25) is 0 Å². The summed E-state index contributed by atoms with van der Waals surface area (Å²) in [7, 11) is 0. The lowest BCUT2D eigenvalue weighted by molar-refractivity contribution is 0.468. The maximum atomic E-state index is 10.0. The largest absolute Gasteiger partial charge is 0.508 e. The first kappa shape index (κ1) is 17.4. The van der Waals surface area contributed by atoms with Gasteiger partial charge in [-0.1, -0.05) is 53.7 Å². The molecule has 0 heterocycles. The van der Waals surface area contributed by atoms with Crippen molar-refractivity contribution in [2.24, 2.45) is 0 Å². The maximum Gasteiger partial charge on any atom is 0.115 e. The molecule has 0 fully saturated rings. The highest BCUT2D eigenvalue weighted by atomic mass is 16.3. The van der Waals surface area contributed by atoms with Gasteiger partial charge >= 0.3 is 0 Å². The minimum Gasteiger partial charge on any atom is -0.508 e. The van der Waals surface area contributed by atoms with Crippen LogP contribution < -0.4 is 0 Å². The lowest BCUT2D eigenvalue weighted by Gasteiger charge is -2.33. The van der Waals surface area contributed by atoms with Gasteiger partial charge in [-0.2, -0.15) is 0 Å². The third-order valence-corrected chi connectivity index (χ3v) is 4.66. The summed E-state index contributed by atoms with van der Waals surface area (Å²) < 4.78 is 0. The Morgan fingerprint density at radius 3 is 1.35 bits per heavy atom. The molecule has 0 aromatic heterocycles. The minimum absolute atomic E-state index is 0.281. The fraction of sp³-hybridized carbons (Fsp3) is 0.429. The van der Waals surface area contributed by atoms with E-state index in [1.54, 1.807) is 12.1 Å². The predicted molar refractivity (Wildman–Crippen MR) is 96.5 cm³/mol. The number of phenols is 2. The number of hydrogen-bond donors (Lipinski definition) is 2. The van der Waals surface area contributed by atoms with Crippen LogP contribution in [0.1, 0.15) is 75.6 Å². The van der Waals surface area contributed by atoms with Gasteiger partial charge in [-0.25, -0.2) is 0 Å². The van der Waals surface area contributed by atoms with Gasteiger partial charge in [-0.15, -0.1) is 0 Å². The molecule has 23 heavy (non-hydrogen) atoms. The molecule has 2 heteroatoms. The van der Waals surface area contributed by atoms with Crippen molar-refractivity contribution in [1.29, 1.82) is 0 Å². The molecule has 0 bridgehead atoms. The Bertz CT molecular complexity index is 637. The Morgan fingerprint density at radius 1 is 0.696 bits per heavy atom. The van der Waals surface area contributed by atoms with Crippen molar-refractivity contribution in [1.82, 2.24) is 0 Å². The topological polar surface area (TPSA) is 40.5 Å². The highest BCUT2D eigenvalue weighted by molar-refractivity contribution is 5.51. The van der Waals surface area contributed by atoms with Gasteiger partial charge in [0.25, 0.3) is 0 Å². The summed E-state index contributed by atoms with van der Waals surface area (Å²) in [6.45, 7) is 13.0. The van der Waals surface area contributed by atoms with Crippen LogP contribution in [-0.2, 0) is 5.41 Å². The van der Waals surface area contributed by atoms with Crippen molar-refractivity contribution < 1.29 is 10.2 Å². The van der Waals surface area contributed by atoms with E-state index in [0.717, 1.165) is 11.1 Å². The molecule has 0 amide bonds. The van der Waals surface area contributed by atoms with Crippen LogP contribution in [0.3, 0.4) is 0 Å². The Balaban J connectivity index is 2.73. The highest BCUT2D eigenvalue weighted by Gasteiger charge is 2.30. The van der Waals surface area contributed by atoms with Crippen LogP contribution in [0.4, 0.5) is 0 Å². The average molecular weight is 312 g/mol. The standard InChI is InChI=1S/C21H28O2/c1-13(2)17-9-7-15(22)11-19(17)21(5,6)20-12-16(23)8-10-18(20)14(3)4/h7-14,22-23H,1-6H3. The second kappa shape index (κ2) is 6.27. The third kappa shape index (κ3) is 3.36. The van der Waals surface area contributed by atoms with Gasteiger partial charge in [0.2, 0.25) is 0 Å². The molecule has 2 nitrogen and oxygen atoms in total. The quantitative estimate of drug-likeness (QED) is 0.763. The van der Waals surface area contributed by atoms with Crippen LogP contribution in [0.5, 0.6) is 11.5 Å². The Morgan fingerprint density at radius 2 is 1.04 bits per heavy atom. The van der Waals surface area contributed by atoms with Crippen LogP contribution in [0, 0.1) is 0 Å². The molecule has 0 saturated carbocycles. The van der Waals surface area contributed by atoms with Crippen LogP contribution in [0.15, 0.2) is 36.4 Å². The summed E-state index contributed by atoms with van der Waals surface area (Å²) in [5, 5.41) is 20.0. The van der Waals surface area contributed by atoms with Crippen molar-refractivity contribution in [2.75, 3.05) is 0 Å². The number of phenolic OH excluding ortho intramolecular Hbond substituents is 2. The molecule has 0 aliphatic rings. The number of aromatic hydroxyl groups is 2. The van der Waals surface area contributed by atoms with E-state index in [-0.39, 0.29) is 16.9 Å². The van der Waals surface area contributed by atoms with Gasteiger partial charge in [0, 0.05) is 5.41 Å². The number of rotatable bonds is 4. The number of hydrogen-bond acceptors (Lipinski definition) is 2. The zero-order valence-electron chi connectivity index (χ0n) is 15.0. The van der Waals surface area contributed by atoms with Crippen LogP contribution in [0.2, 0.25) is 0 Å². The van der Waals surface area contributed by atoms with Gasteiger partial charge in [0.15, 0.2) is 0 Å². The molecule has 2 N–H and O–H groups in total. The summed E-state index contributed by atoms with van der Waals surface area (Å²) >= 11 is 0. The first-order valence-corrected chi connectivity index (χ1v) is 8.31. The maximum absolute atomic E-state index is 10.0. The zero-order valence-corrected chi connectivity index (χ0v) is 15.0. The van der Waals surface area contributed by atoms with Crippen LogP contribution in [-0.4, -0.2) is 10.2 Å². The molecule has 0 aliphatic heterocycles. The fourth-order valence-electron chi connectivity index (χ4n) is 3.32. The van der Waals surface area contributed by atoms with Crippen LogP contribution >= 0.6 is 0 Å². The van der Waals surface area contributed by atoms with E-state index in [9.17, 15) is 10.2 Å². The van der Waals surface area contributed by atoms with Gasteiger partial charge < -0.3 is 10.2 Å². The lowest BCUT2D eigenvalue weighted by atomic mass is 9.71. The molecule has 0 unspecified atom stereocenters. The van der Waals surface area contributed by atoms with E-state index in [4.69, 9.17) is 0 Å². The Hall–Kier alpha value is -1.96. The third-order valence-electron chi connectivity index (χ3n) is 4.66. The molecule has 2 aromatic carbocycles. The van der Waals surface area contributed by atoms with Crippen molar-refractivity contribution in [2.45, 2.75) is 58.8 Å². The molecule has 0 spiro atoms. The van der Waals surface area contributed by atoms with Crippen molar-refractivity contribution in [3.05, 3.63) is 58.7 Å². The normalized spacial score (nSPS) is 12.2. The van der Waals surface area contributed by atoms with E-state index in [2.05, 4.69) is 41.5 Å². The lowest BCUT2D eigenvalue weighted by Crippen LogP contribution is -2.23. The van der Waals surface area contributed by atoms with Gasteiger partial charge in [0.05, 0.1) is 0 Å². The van der Waals surface area contributed by atoms with Crippen molar-refractivity contribution in [3.8, 4) is 11.5 Å². The summed E-state index contributed by atoms with van der Waals surface area (Å²) in [5.41, 5.74) is 4.37. The summed E-state index contributed by atoms with van der Waals surface area (Å²) in [5.74, 6) is 1.29. The second-order valence-corrected chi connectivity index (χ2v) is 7.48. The van der Waals surface area contributed by atoms with Gasteiger partial charge in [0.1, 0.15) is 11.5 Å². The monoisotopic (exact) mass is 312 g/mol. The molecule has 0 atom stereocenters. The average Bonchev–Trinajstić information content (AvgIpc) is 2.46. The Kier molecular flexibility index (Phi) is 4.74. The molecule has 124 valence electrons. The van der Waals surface area contributed by atoms with Crippen molar-refractivity contribution >= 4 is 0 Å².